The first-order valence-electron chi connectivity index (χ1n) is 7.10. The van der Waals surface area contributed by atoms with Gasteiger partial charge in [0.05, 0.1) is 11.3 Å². The van der Waals surface area contributed by atoms with Gasteiger partial charge in [0.2, 0.25) is 0 Å². The van der Waals surface area contributed by atoms with Gasteiger partial charge in [-0.15, -0.1) is 0 Å². The summed E-state index contributed by atoms with van der Waals surface area (Å²) in [6.07, 6.45) is 5.78. The van der Waals surface area contributed by atoms with Gasteiger partial charge >= 0.3 is 0 Å². The topological polar surface area (TPSA) is 57.8 Å². The normalized spacial score (nSPS) is 27.2. The molecule has 98 valence electrons. The fourth-order valence-electron chi connectivity index (χ4n) is 3.26. The third-order valence-corrected chi connectivity index (χ3v) is 4.47. The molecule has 2 unspecified atom stereocenters. The monoisotopic (exact) mass is 247 g/mol. The van der Waals surface area contributed by atoms with Crippen LogP contribution in [0.2, 0.25) is 0 Å². The second-order valence-corrected chi connectivity index (χ2v) is 5.59. The van der Waals surface area contributed by atoms with Crippen LogP contribution in [0.3, 0.4) is 0 Å². The molecule has 2 aliphatic rings. The zero-order chi connectivity index (χ0) is 12.5. The molecular formula is C14H21N3O. The molecule has 0 amide bonds. The Morgan fingerprint density at radius 2 is 2.28 bits per heavy atom. The molecule has 0 radical (unpaired) electrons. The molecular weight excluding hydrogens is 226 g/mol. The van der Waals surface area contributed by atoms with E-state index in [0.29, 0.717) is 12.5 Å². The summed E-state index contributed by atoms with van der Waals surface area (Å²) in [6.45, 7) is 3.85. The van der Waals surface area contributed by atoms with Gasteiger partial charge in [-0.3, -0.25) is 4.79 Å². The lowest BCUT2D eigenvalue weighted by atomic mass is 10.0. The highest BCUT2D eigenvalue weighted by Gasteiger charge is 2.27. The molecule has 2 N–H and O–H groups in total. The second kappa shape index (κ2) is 4.84. The van der Waals surface area contributed by atoms with E-state index in [9.17, 15) is 4.79 Å². The predicted octanol–water partition coefficient (Wildman–Crippen LogP) is 1.71. The molecule has 1 aromatic rings. The average molecular weight is 247 g/mol. The Labute approximate surface area is 107 Å². The molecule has 4 nitrogen and oxygen atoms in total. The number of fused-ring (bicyclic) bond motifs is 1. The van der Waals surface area contributed by atoms with E-state index < -0.39 is 0 Å². The van der Waals surface area contributed by atoms with Gasteiger partial charge in [0.25, 0.3) is 5.56 Å². The van der Waals surface area contributed by atoms with Gasteiger partial charge in [0.15, 0.2) is 0 Å². The minimum absolute atomic E-state index is 0.0714. The third-order valence-electron chi connectivity index (χ3n) is 4.47. The number of rotatable bonds is 2. The first-order valence-corrected chi connectivity index (χ1v) is 7.10. The maximum absolute atomic E-state index is 12.1. The van der Waals surface area contributed by atoms with E-state index in [-0.39, 0.29) is 5.56 Å². The summed E-state index contributed by atoms with van der Waals surface area (Å²) in [7, 11) is 0. The van der Waals surface area contributed by atoms with Crippen LogP contribution >= 0.6 is 0 Å². The Bertz CT molecular complexity index is 494. The fourth-order valence-corrected chi connectivity index (χ4v) is 3.26. The van der Waals surface area contributed by atoms with E-state index in [1.165, 1.54) is 25.7 Å². The van der Waals surface area contributed by atoms with Crippen molar-refractivity contribution in [2.75, 3.05) is 6.54 Å². The van der Waals surface area contributed by atoms with Crippen molar-refractivity contribution in [2.24, 2.45) is 5.92 Å². The first-order chi connectivity index (χ1) is 8.78. The maximum Gasteiger partial charge on any atom is 0.255 e. The molecule has 1 aliphatic carbocycles. The highest BCUT2D eigenvalue weighted by atomic mass is 16.1. The van der Waals surface area contributed by atoms with E-state index >= 15 is 0 Å². The molecule has 0 spiro atoms. The van der Waals surface area contributed by atoms with Crippen molar-refractivity contribution in [1.29, 1.82) is 0 Å². The SMILES string of the molecule is CCC1CCC(c2nc3c(c(=O)[nH]2)CNCC3)C1. The lowest BCUT2D eigenvalue weighted by molar-refractivity contribution is 0.514. The number of hydrogen-bond donors (Lipinski definition) is 2. The molecule has 0 bridgehead atoms. The minimum Gasteiger partial charge on any atom is -0.312 e. The largest absolute Gasteiger partial charge is 0.312 e. The molecule has 4 heteroatoms. The summed E-state index contributed by atoms with van der Waals surface area (Å²) in [5.74, 6) is 2.23. The number of aromatic nitrogens is 2. The Morgan fingerprint density at radius 3 is 3.06 bits per heavy atom. The third kappa shape index (κ3) is 2.09. The Hall–Kier alpha value is -1.16. The van der Waals surface area contributed by atoms with Crippen LogP contribution in [0.4, 0.5) is 0 Å². The van der Waals surface area contributed by atoms with Gasteiger partial charge in [-0.2, -0.15) is 0 Å². The van der Waals surface area contributed by atoms with Crippen LogP contribution in [0.1, 0.15) is 55.6 Å². The van der Waals surface area contributed by atoms with Crippen molar-refractivity contribution in [1.82, 2.24) is 15.3 Å². The molecule has 18 heavy (non-hydrogen) atoms. The van der Waals surface area contributed by atoms with Crippen molar-refractivity contribution in [3.05, 3.63) is 27.4 Å². The first kappa shape index (κ1) is 11.9. The quantitative estimate of drug-likeness (QED) is 0.836. The molecule has 0 saturated heterocycles. The van der Waals surface area contributed by atoms with Crippen LogP contribution in [0.25, 0.3) is 0 Å². The van der Waals surface area contributed by atoms with Crippen molar-refractivity contribution in [3.63, 3.8) is 0 Å². The van der Waals surface area contributed by atoms with Gasteiger partial charge in [-0.05, 0) is 25.2 Å². The molecule has 1 fully saturated rings. The molecule has 0 aromatic carbocycles. The minimum atomic E-state index is 0.0714. The fraction of sp³-hybridized carbons (Fsp3) is 0.714. The van der Waals surface area contributed by atoms with Crippen LogP contribution in [0.5, 0.6) is 0 Å². The predicted molar refractivity (Wildman–Crippen MR) is 70.6 cm³/mol. The smallest absolute Gasteiger partial charge is 0.255 e. The highest BCUT2D eigenvalue weighted by molar-refractivity contribution is 5.21. The van der Waals surface area contributed by atoms with Gasteiger partial charge in [-0.25, -0.2) is 4.98 Å². The Balaban J connectivity index is 1.89. The molecule has 3 rings (SSSR count). The van der Waals surface area contributed by atoms with Crippen LogP contribution < -0.4 is 10.9 Å². The molecule has 1 aromatic heterocycles. The summed E-state index contributed by atoms with van der Waals surface area (Å²) in [4.78, 5) is 19.8. The zero-order valence-corrected chi connectivity index (χ0v) is 11.0. The number of aromatic amines is 1. The van der Waals surface area contributed by atoms with Crippen molar-refractivity contribution < 1.29 is 0 Å². The Kier molecular flexibility index (Phi) is 3.20. The van der Waals surface area contributed by atoms with Crippen LogP contribution in [-0.4, -0.2) is 16.5 Å². The summed E-state index contributed by atoms with van der Waals surface area (Å²) in [5, 5.41) is 3.23. The molecule has 1 saturated carbocycles. The van der Waals surface area contributed by atoms with Crippen LogP contribution in [-0.2, 0) is 13.0 Å². The summed E-state index contributed by atoms with van der Waals surface area (Å²) < 4.78 is 0. The zero-order valence-electron chi connectivity index (χ0n) is 11.0. The van der Waals surface area contributed by atoms with Crippen molar-refractivity contribution in [3.8, 4) is 0 Å². The highest BCUT2D eigenvalue weighted by Crippen LogP contribution is 2.38. The maximum atomic E-state index is 12.1. The number of nitrogens with one attached hydrogen (secondary N) is 2. The van der Waals surface area contributed by atoms with Crippen LogP contribution in [0.15, 0.2) is 4.79 Å². The van der Waals surface area contributed by atoms with Gasteiger partial charge in [-0.1, -0.05) is 13.3 Å². The second-order valence-electron chi connectivity index (χ2n) is 5.59. The van der Waals surface area contributed by atoms with Crippen molar-refractivity contribution >= 4 is 0 Å². The van der Waals surface area contributed by atoms with Gasteiger partial charge in [0.1, 0.15) is 5.82 Å². The standard InChI is InChI=1S/C14H21N3O/c1-2-9-3-4-10(7-9)13-16-12-5-6-15-8-11(12)14(18)17-13/h9-10,15H,2-8H2,1H3,(H,16,17,18). The molecule has 1 aliphatic heterocycles. The number of hydrogen-bond acceptors (Lipinski definition) is 3. The Morgan fingerprint density at radius 1 is 1.39 bits per heavy atom. The summed E-state index contributed by atoms with van der Waals surface area (Å²) >= 11 is 0. The van der Waals surface area contributed by atoms with Crippen LogP contribution in [0, 0.1) is 5.92 Å². The van der Waals surface area contributed by atoms with E-state index in [2.05, 4.69) is 17.2 Å². The number of H-pyrrole nitrogens is 1. The van der Waals surface area contributed by atoms with E-state index in [4.69, 9.17) is 4.98 Å². The van der Waals surface area contributed by atoms with E-state index in [1.807, 2.05) is 0 Å². The van der Waals surface area contributed by atoms with E-state index in [0.717, 1.165) is 36.0 Å². The van der Waals surface area contributed by atoms with Gasteiger partial charge < -0.3 is 10.3 Å². The lowest BCUT2D eigenvalue weighted by Crippen LogP contribution is -2.32. The summed E-state index contributed by atoms with van der Waals surface area (Å²) in [6, 6.07) is 0. The average Bonchev–Trinajstić information content (AvgIpc) is 2.87. The van der Waals surface area contributed by atoms with Gasteiger partial charge in [0, 0.05) is 25.4 Å². The molecule has 2 atom stereocenters. The molecule has 2 heterocycles. The summed E-state index contributed by atoms with van der Waals surface area (Å²) in [5.41, 5.74) is 1.93. The van der Waals surface area contributed by atoms with E-state index in [1.54, 1.807) is 0 Å². The number of nitrogens with zero attached hydrogens (tertiary/aromatic N) is 1. The lowest BCUT2D eigenvalue weighted by Gasteiger charge is -2.18. The van der Waals surface area contributed by atoms with Crippen molar-refractivity contribution in [2.45, 2.75) is 51.5 Å².